The first-order valence-electron chi connectivity index (χ1n) is 9.86. The molecule has 5 heteroatoms. The first-order chi connectivity index (χ1) is 12.4. The highest BCUT2D eigenvalue weighted by Gasteiger charge is 2.31. The maximum Gasteiger partial charge on any atom is 0.416 e. The maximum absolute atomic E-state index is 12.9. The van der Waals surface area contributed by atoms with Gasteiger partial charge < -0.3 is 4.90 Å². The van der Waals surface area contributed by atoms with Crippen molar-refractivity contribution in [1.29, 1.82) is 0 Å². The second kappa shape index (κ2) is 12.0. The third-order valence-corrected chi connectivity index (χ3v) is 4.54. The van der Waals surface area contributed by atoms with E-state index in [0.29, 0.717) is 13.1 Å². The predicted octanol–water partition coefficient (Wildman–Crippen LogP) is 6.70. The Balaban J connectivity index is 2.63. The summed E-state index contributed by atoms with van der Waals surface area (Å²) in [5.74, 6) is -0.296. The summed E-state index contributed by atoms with van der Waals surface area (Å²) in [6, 6.07) is 4.75. The van der Waals surface area contributed by atoms with E-state index in [1.54, 1.807) is 4.90 Å². The minimum absolute atomic E-state index is 0.124. The quantitative estimate of drug-likeness (QED) is 0.374. The van der Waals surface area contributed by atoms with E-state index in [2.05, 4.69) is 6.92 Å². The standard InChI is InChI=1S/C21H32F3NO/c1-3-5-7-8-9-10-11-16-25(15-6-4-2)20(26)18-13-12-14-19(17-18)21(22,23)24/h12-14,17H,3-11,15-16H2,1-2H3. The van der Waals surface area contributed by atoms with Crippen molar-refractivity contribution in [3.63, 3.8) is 0 Å². The van der Waals surface area contributed by atoms with Crippen LogP contribution in [-0.4, -0.2) is 23.9 Å². The summed E-state index contributed by atoms with van der Waals surface area (Å²) in [5.41, 5.74) is -0.645. The van der Waals surface area contributed by atoms with Crippen LogP contribution in [0.1, 0.15) is 87.6 Å². The van der Waals surface area contributed by atoms with Gasteiger partial charge in [0.05, 0.1) is 5.56 Å². The Bertz CT molecular complexity index is 528. The van der Waals surface area contributed by atoms with Gasteiger partial charge in [-0.2, -0.15) is 13.2 Å². The van der Waals surface area contributed by atoms with Crippen molar-refractivity contribution in [2.45, 2.75) is 77.8 Å². The monoisotopic (exact) mass is 371 g/mol. The van der Waals surface area contributed by atoms with Crippen LogP contribution >= 0.6 is 0 Å². The maximum atomic E-state index is 12.9. The number of alkyl halides is 3. The lowest BCUT2D eigenvalue weighted by atomic mass is 10.1. The van der Waals surface area contributed by atoms with Crippen LogP contribution < -0.4 is 0 Å². The molecule has 0 bridgehead atoms. The Kier molecular flexibility index (Phi) is 10.4. The summed E-state index contributed by atoms with van der Waals surface area (Å²) in [6.07, 6.45) is 5.44. The van der Waals surface area contributed by atoms with E-state index in [0.717, 1.165) is 44.2 Å². The summed E-state index contributed by atoms with van der Waals surface area (Å²) < 4.78 is 38.7. The van der Waals surface area contributed by atoms with Crippen molar-refractivity contribution in [3.8, 4) is 0 Å². The molecule has 0 spiro atoms. The molecule has 1 amide bonds. The molecule has 0 fully saturated rings. The number of amides is 1. The van der Waals surface area contributed by atoms with Gasteiger partial charge in [0.25, 0.3) is 5.91 Å². The minimum atomic E-state index is -4.43. The lowest BCUT2D eigenvalue weighted by molar-refractivity contribution is -0.137. The third kappa shape index (κ3) is 8.24. The predicted molar refractivity (Wildman–Crippen MR) is 100 cm³/mol. The van der Waals surface area contributed by atoms with Gasteiger partial charge in [-0.15, -0.1) is 0 Å². The normalized spacial score (nSPS) is 11.6. The molecule has 0 saturated carbocycles. The lowest BCUT2D eigenvalue weighted by Crippen LogP contribution is -2.33. The molecule has 0 saturated heterocycles. The molecule has 1 aromatic rings. The lowest BCUT2D eigenvalue weighted by Gasteiger charge is -2.23. The summed E-state index contributed by atoms with van der Waals surface area (Å²) in [6.45, 7) is 5.44. The fourth-order valence-electron chi connectivity index (χ4n) is 2.93. The van der Waals surface area contributed by atoms with Crippen molar-refractivity contribution < 1.29 is 18.0 Å². The number of unbranched alkanes of at least 4 members (excludes halogenated alkanes) is 7. The molecule has 0 aliphatic carbocycles. The minimum Gasteiger partial charge on any atom is -0.339 e. The molecule has 0 unspecified atom stereocenters. The van der Waals surface area contributed by atoms with Crippen molar-refractivity contribution >= 4 is 5.91 Å². The zero-order valence-electron chi connectivity index (χ0n) is 16.1. The second-order valence-electron chi connectivity index (χ2n) is 6.85. The Morgan fingerprint density at radius 3 is 2.08 bits per heavy atom. The molecule has 0 heterocycles. The van der Waals surface area contributed by atoms with Crippen LogP contribution in [0.2, 0.25) is 0 Å². The molecule has 26 heavy (non-hydrogen) atoms. The molecule has 0 atom stereocenters. The number of hydrogen-bond donors (Lipinski definition) is 0. The first kappa shape index (κ1) is 22.5. The van der Waals surface area contributed by atoms with Gasteiger partial charge in [0.15, 0.2) is 0 Å². The molecule has 1 rings (SSSR count). The van der Waals surface area contributed by atoms with Gasteiger partial charge >= 0.3 is 6.18 Å². The summed E-state index contributed by atoms with van der Waals surface area (Å²) in [4.78, 5) is 14.4. The SMILES string of the molecule is CCCCCCCCCN(CCCC)C(=O)c1cccc(C(F)(F)F)c1. The zero-order chi connectivity index (χ0) is 19.4. The highest BCUT2D eigenvalue weighted by atomic mass is 19.4. The number of rotatable bonds is 12. The van der Waals surface area contributed by atoms with Crippen LogP contribution in [0.5, 0.6) is 0 Å². The number of benzene rings is 1. The molecule has 2 nitrogen and oxygen atoms in total. The molecule has 148 valence electrons. The second-order valence-corrected chi connectivity index (χ2v) is 6.85. The van der Waals surface area contributed by atoms with Crippen molar-refractivity contribution in [2.75, 3.05) is 13.1 Å². The first-order valence-corrected chi connectivity index (χ1v) is 9.86. The number of nitrogens with zero attached hydrogens (tertiary/aromatic N) is 1. The number of hydrogen-bond acceptors (Lipinski definition) is 1. The van der Waals surface area contributed by atoms with Crippen LogP contribution in [0.15, 0.2) is 24.3 Å². The van der Waals surface area contributed by atoms with Crippen molar-refractivity contribution in [1.82, 2.24) is 4.90 Å². The Morgan fingerprint density at radius 2 is 1.46 bits per heavy atom. The van der Waals surface area contributed by atoms with E-state index in [1.165, 1.54) is 37.8 Å². The fourth-order valence-corrected chi connectivity index (χ4v) is 2.93. The number of carbonyl (C=O) groups is 1. The van der Waals surface area contributed by atoms with Crippen LogP contribution in [0.3, 0.4) is 0 Å². The van der Waals surface area contributed by atoms with Crippen LogP contribution in [0, 0.1) is 0 Å². The molecule has 0 N–H and O–H groups in total. The molecule has 0 aromatic heterocycles. The fraction of sp³-hybridized carbons (Fsp3) is 0.667. The third-order valence-electron chi connectivity index (χ3n) is 4.54. The van der Waals surface area contributed by atoms with Gasteiger partial charge in [-0.05, 0) is 31.0 Å². The molecule has 0 aliphatic rings. The van der Waals surface area contributed by atoms with Gasteiger partial charge in [0, 0.05) is 18.7 Å². The van der Waals surface area contributed by atoms with Gasteiger partial charge in [0.2, 0.25) is 0 Å². The molecular weight excluding hydrogens is 339 g/mol. The topological polar surface area (TPSA) is 20.3 Å². The van der Waals surface area contributed by atoms with E-state index in [4.69, 9.17) is 0 Å². The molecule has 0 aliphatic heterocycles. The molecule has 1 aromatic carbocycles. The van der Waals surface area contributed by atoms with Gasteiger partial charge in [0.1, 0.15) is 0 Å². The van der Waals surface area contributed by atoms with Crippen LogP contribution in [-0.2, 0) is 6.18 Å². The van der Waals surface area contributed by atoms with Crippen molar-refractivity contribution in [3.05, 3.63) is 35.4 Å². The van der Waals surface area contributed by atoms with Gasteiger partial charge in [-0.1, -0.05) is 64.9 Å². The number of carbonyl (C=O) groups excluding carboxylic acids is 1. The largest absolute Gasteiger partial charge is 0.416 e. The van der Waals surface area contributed by atoms with Crippen LogP contribution in [0.25, 0.3) is 0 Å². The van der Waals surface area contributed by atoms with E-state index in [9.17, 15) is 18.0 Å². The average Bonchev–Trinajstić information content (AvgIpc) is 2.62. The highest BCUT2D eigenvalue weighted by molar-refractivity contribution is 5.94. The highest BCUT2D eigenvalue weighted by Crippen LogP contribution is 2.29. The summed E-state index contributed by atoms with van der Waals surface area (Å²) in [5, 5.41) is 0. The van der Waals surface area contributed by atoms with Gasteiger partial charge in [-0.25, -0.2) is 0 Å². The van der Waals surface area contributed by atoms with Crippen LogP contribution in [0.4, 0.5) is 13.2 Å². The average molecular weight is 371 g/mol. The summed E-state index contributed by atoms with van der Waals surface area (Å²) in [7, 11) is 0. The van der Waals surface area contributed by atoms with Gasteiger partial charge in [-0.3, -0.25) is 4.79 Å². The van der Waals surface area contributed by atoms with Crippen molar-refractivity contribution in [2.24, 2.45) is 0 Å². The van der Waals surface area contributed by atoms with E-state index in [-0.39, 0.29) is 11.5 Å². The number of halogens is 3. The Hall–Kier alpha value is -1.52. The van der Waals surface area contributed by atoms with E-state index in [1.807, 2.05) is 6.92 Å². The smallest absolute Gasteiger partial charge is 0.339 e. The summed E-state index contributed by atoms with van der Waals surface area (Å²) >= 11 is 0. The van der Waals surface area contributed by atoms with E-state index >= 15 is 0 Å². The molecular formula is C21H32F3NO. The Labute approximate surface area is 155 Å². The zero-order valence-corrected chi connectivity index (χ0v) is 16.1. The van der Waals surface area contributed by atoms with E-state index < -0.39 is 11.7 Å². The Morgan fingerprint density at radius 1 is 0.885 bits per heavy atom. The molecule has 0 radical (unpaired) electrons.